The predicted molar refractivity (Wildman–Crippen MR) is 76.3 cm³/mol. The Morgan fingerprint density at radius 1 is 1.58 bits per heavy atom. The average Bonchev–Trinajstić information content (AvgIpc) is 2.87. The van der Waals surface area contributed by atoms with E-state index in [1.807, 2.05) is 17.5 Å². The number of carboxylic acid groups (broad SMARTS) is 1. The van der Waals surface area contributed by atoms with Crippen LogP contribution in [0.25, 0.3) is 0 Å². The van der Waals surface area contributed by atoms with Gasteiger partial charge < -0.3 is 10.4 Å². The molecule has 0 spiro atoms. The maximum atomic E-state index is 12.2. The van der Waals surface area contributed by atoms with Crippen molar-refractivity contribution in [2.75, 3.05) is 0 Å². The zero-order valence-electron chi connectivity index (χ0n) is 11.2. The van der Waals surface area contributed by atoms with Crippen molar-refractivity contribution in [1.82, 2.24) is 5.32 Å². The molecule has 0 bridgehead atoms. The van der Waals surface area contributed by atoms with Crippen LogP contribution in [0.3, 0.4) is 0 Å². The highest BCUT2D eigenvalue weighted by Crippen LogP contribution is 2.27. The van der Waals surface area contributed by atoms with Crippen LogP contribution in [0.5, 0.6) is 0 Å². The lowest BCUT2D eigenvalue weighted by Crippen LogP contribution is -2.48. The van der Waals surface area contributed by atoms with Crippen LogP contribution in [-0.2, 0) is 15.0 Å². The van der Waals surface area contributed by atoms with Gasteiger partial charge >= 0.3 is 5.97 Å². The number of rotatable bonds is 7. The van der Waals surface area contributed by atoms with Crippen molar-refractivity contribution < 1.29 is 14.7 Å². The lowest BCUT2D eigenvalue weighted by Gasteiger charge is -2.24. The number of amides is 1. The number of carbonyl (C=O) groups excluding carboxylic acids is 1. The molecule has 1 rings (SSSR count). The molecule has 0 aliphatic heterocycles. The maximum absolute atomic E-state index is 12.2. The highest BCUT2D eigenvalue weighted by molar-refractivity contribution is 7.10. The minimum Gasteiger partial charge on any atom is -0.480 e. The van der Waals surface area contributed by atoms with Gasteiger partial charge in [-0.05, 0) is 38.1 Å². The van der Waals surface area contributed by atoms with Crippen molar-refractivity contribution >= 4 is 23.2 Å². The van der Waals surface area contributed by atoms with E-state index >= 15 is 0 Å². The number of nitrogens with one attached hydrogen (secondary N) is 1. The van der Waals surface area contributed by atoms with Gasteiger partial charge in [0.2, 0.25) is 5.91 Å². The number of allylic oxidation sites excluding steroid dienone is 1. The summed E-state index contributed by atoms with van der Waals surface area (Å²) in [4.78, 5) is 24.3. The number of carboxylic acids is 1. The first-order valence-electron chi connectivity index (χ1n) is 6.08. The summed E-state index contributed by atoms with van der Waals surface area (Å²) in [6, 6.07) is 2.88. The van der Waals surface area contributed by atoms with Crippen molar-refractivity contribution in [1.29, 1.82) is 0 Å². The van der Waals surface area contributed by atoms with E-state index < -0.39 is 17.4 Å². The molecule has 0 aliphatic carbocycles. The van der Waals surface area contributed by atoms with E-state index in [0.717, 1.165) is 4.88 Å². The Morgan fingerprint density at radius 2 is 2.26 bits per heavy atom. The summed E-state index contributed by atoms with van der Waals surface area (Å²) in [5.41, 5.74) is -0.726. The lowest BCUT2D eigenvalue weighted by molar-refractivity contribution is -0.142. The third-order valence-corrected chi connectivity index (χ3v) is 4.16. The normalized spacial score (nSPS) is 12.7. The predicted octanol–water partition coefficient (Wildman–Crippen LogP) is 2.56. The standard InChI is InChI=1S/C14H19NO3S/c1-4-5-7-10(12(16)17)15-13(18)14(2,3)11-8-6-9-19-11/h4,6,8-10H,1,5,7H2,2-3H3,(H,15,18)(H,16,17). The number of hydrogen-bond donors (Lipinski definition) is 2. The maximum Gasteiger partial charge on any atom is 0.326 e. The average molecular weight is 281 g/mol. The molecule has 104 valence electrons. The molecule has 0 saturated carbocycles. The Hall–Kier alpha value is -1.62. The Balaban J connectivity index is 2.76. The Bertz CT molecular complexity index is 451. The molecule has 5 heteroatoms. The molecule has 1 heterocycles. The van der Waals surface area contributed by atoms with E-state index in [4.69, 9.17) is 5.11 Å². The van der Waals surface area contributed by atoms with E-state index in [2.05, 4.69) is 11.9 Å². The Morgan fingerprint density at radius 3 is 2.74 bits per heavy atom. The first-order chi connectivity index (χ1) is 8.89. The Labute approximate surface area is 117 Å². The smallest absolute Gasteiger partial charge is 0.326 e. The quantitative estimate of drug-likeness (QED) is 0.755. The zero-order chi connectivity index (χ0) is 14.5. The van der Waals surface area contributed by atoms with Crippen molar-refractivity contribution in [3.8, 4) is 0 Å². The molecule has 1 unspecified atom stereocenters. The van der Waals surface area contributed by atoms with Gasteiger partial charge in [0, 0.05) is 4.88 Å². The molecule has 19 heavy (non-hydrogen) atoms. The third kappa shape index (κ3) is 3.92. The summed E-state index contributed by atoms with van der Waals surface area (Å²) in [5.74, 6) is -1.29. The van der Waals surface area contributed by atoms with Crippen molar-refractivity contribution in [2.45, 2.75) is 38.1 Å². The summed E-state index contributed by atoms with van der Waals surface area (Å²) in [5, 5.41) is 13.6. The molecular formula is C14H19NO3S. The lowest BCUT2D eigenvalue weighted by atomic mass is 9.90. The summed E-state index contributed by atoms with van der Waals surface area (Å²) in [6.45, 7) is 7.14. The molecule has 4 nitrogen and oxygen atoms in total. The summed E-state index contributed by atoms with van der Waals surface area (Å²) < 4.78 is 0. The molecule has 0 radical (unpaired) electrons. The van der Waals surface area contributed by atoms with Crippen molar-refractivity contribution in [3.63, 3.8) is 0 Å². The molecule has 1 atom stereocenters. The highest BCUT2D eigenvalue weighted by Gasteiger charge is 2.33. The molecule has 1 amide bonds. The molecule has 0 aliphatic rings. The fourth-order valence-corrected chi connectivity index (χ4v) is 2.47. The van der Waals surface area contributed by atoms with E-state index in [9.17, 15) is 9.59 Å². The molecule has 0 aromatic carbocycles. The molecule has 0 fully saturated rings. The van der Waals surface area contributed by atoms with E-state index in [1.54, 1.807) is 19.9 Å². The van der Waals surface area contributed by atoms with Gasteiger partial charge in [0.25, 0.3) is 0 Å². The van der Waals surface area contributed by atoms with Crippen molar-refractivity contribution in [2.24, 2.45) is 0 Å². The van der Waals surface area contributed by atoms with E-state index in [1.165, 1.54) is 11.3 Å². The van der Waals surface area contributed by atoms with Gasteiger partial charge in [0.1, 0.15) is 6.04 Å². The van der Waals surface area contributed by atoms with Crippen LogP contribution >= 0.6 is 11.3 Å². The SMILES string of the molecule is C=CCCC(NC(=O)C(C)(C)c1cccs1)C(=O)O. The van der Waals surface area contributed by atoms with Crippen LogP contribution in [0.4, 0.5) is 0 Å². The number of carbonyl (C=O) groups is 2. The van der Waals surface area contributed by atoms with Crippen LogP contribution in [0, 0.1) is 0 Å². The number of aliphatic carboxylic acids is 1. The van der Waals surface area contributed by atoms with Gasteiger partial charge in [-0.3, -0.25) is 4.79 Å². The summed E-state index contributed by atoms with van der Waals surface area (Å²) >= 11 is 1.49. The number of thiophene rings is 1. The molecular weight excluding hydrogens is 262 g/mol. The molecule has 0 saturated heterocycles. The van der Waals surface area contributed by atoms with Gasteiger partial charge in [-0.15, -0.1) is 17.9 Å². The molecule has 1 aromatic heterocycles. The van der Waals surface area contributed by atoms with Crippen LogP contribution in [0.1, 0.15) is 31.6 Å². The number of hydrogen-bond acceptors (Lipinski definition) is 3. The first kappa shape index (κ1) is 15.4. The fraction of sp³-hybridized carbons (Fsp3) is 0.429. The van der Waals surface area contributed by atoms with Crippen LogP contribution in [-0.4, -0.2) is 23.0 Å². The fourth-order valence-electron chi connectivity index (χ4n) is 1.63. The molecule has 1 aromatic rings. The molecule has 2 N–H and O–H groups in total. The first-order valence-corrected chi connectivity index (χ1v) is 6.96. The highest BCUT2D eigenvalue weighted by atomic mass is 32.1. The summed E-state index contributed by atoms with van der Waals surface area (Å²) in [6.07, 6.45) is 2.55. The van der Waals surface area contributed by atoms with Gasteiger partial charge in [-0.2, -0.15) is 0 Å². The van der Waals surface area contributed by atoms with Crippen molar-refractivity contribution in [3.05, 3.63) is 35.0 Å². The van der Waals surface area contributed by atoms with E-state index in [-0.39, 0.29) is 5.91 Å². The van der Waals surface area contributed by atoms with Gasteiger partial charge in [-0.25, -0.2) is 4.79 Å². The van der Waals surface area contributed by atoms with Crippen LogP contribution in [0.15, 0.2) is 30.2 Å². The second-order valence-corrected chi connectivity index (χ2v) is 5.78. The van der Waals surface area contributed by atoms with Crippen LogP contribution in [0.2, 0.25) is 0 Å². The third-order valence-electron chi connectivity index (χ3n) is 2.97. The topological polar surface area (TPSA) is 66.4 Å². The second-order valence-electron chi connectivity index (χ2n) is 4.83. The minimum atomic E-state index is -1.02. The van der Waals surface area contributed by atoms with Crippen LogP contribution < -0.4 is 5.32 Å². The minimum absolute atomic E-state index is 0.272. The second kappa shape index (κ2) is 6.52. The summed E-state index contributed by atoms with van der Waals surface area (Å²) in [7, 11) is 0. The van der Waals surface area contributed by atoms with E-state index in [0.29, 0.717) is 12.8 Å². The van der Waals surface area contributed by atoms with Gasteiger partial charge in [-0.1, -0.05) is 12.1 Å². The Kier molecular flexibility index (Phi) is 5.30. The monoisotopic (exact) mass is 281 g/mol. The zero-order valence-corrected chi connectivity index (χ0v) is 12.0. The van der Waals surface area contributed by atoms with Gasteiger partial charge in [0.15, 0.2) is 0 Å². The largest absolute Gasteiger partial charge is 0.480 e. The van der Waals surface area contributed by atoms with Gasteiger partial charge in [0.05, 0.1) is 5.41 Å².